The highest BCUT2D eigenvalue weighted by Crippen LogP contribution is 2.35. The molecule has 1 aromatic rings. The molecule has 0 radical (unpaired) electrons. The van der Waals surface area contributed by atoms with Gasteiger partial charge in [-0.2, -0.15) is 0 Å². The monoisotopic (exact) mass is 321 g/mol. The van der Waals surface area contributed by atoms with Crippen LogP contribution in [-0.2, 0) is 19.1 Å². The fourth-order valence-corrected chi connectivity index (χ4v) is 3.89. The number of nitrogens with zero attached hydrogens (tertiary/aromatic N) is 1. The van der Waals surface area contributed by atoms with Crippen molar-refractivity contribution in [3.63, 3.8) is 0 Å². The third-order valence-corrected chi connectivity index (χ3v) is 5.12. The number of methoxy groups -OCH3 is 1. The van der Waals surface area contributed by atoms with Gasteiger partial charge in [-0.05, 0) is 31.4 Å². The van der Waals surface area contributed by atoms with Crippen molar-refractivity contribution in [3.8, 4) is 0 Å². The first-order chi connectivity index (χ1) is 10.7. The molecule has 1 aliphatic heterocycles. The van der Waals surface area contributed by atoms with Crippen LogP contribution in [0.4, 0.5) is 5.69 Å². The van der Waals surface area contributed by atoms with Crippen LogP contribution in [0.3, 0.4) is 0 Å². The molecule has 1 amide bonds. The SMILES string of the molecule is CO[C@@H]1CCC[C@H]1OC(=O)CN1C(=O)CSc2ccccc21. The van der Waals surface area contributed by atoms with Crippen LogP contribution in [0.15, 0.2) is 29.2 Å². The summed E-state index contributed by atoms with van der Waals surface area (Å²) in [5.41, 5.74) is 0.787. The Morgan fingerprint density at radius 1 is 1.32 bits per heavy atom. The van der Waals surface area contributed by atoms with E-state index in [1.165, 1.54) is 16.7 Å². The second-order valence-electron chi connectivity index (χ2n) is 5.47. The Balaban J connectivity index is 1.67. The molecule has 1 saturated carbocycles. The average Bonchev–Trinajstić information content (AvgIpc) is 2.97. The molecule has 0 saturated heterocycles. The maximum Gasteiger partial charge on any atom is 0.326 e. The van der Waals surface area contributed by atoms with Crippen molar-refractivity contribution < 1.29 is 19.1 Å². The van der Waals surface area contributed by atoms with Crippen LogP contribution in [0.1, 0.15) is 19.3 Å². The van der Waals surface area contributed by atoms with Gasteiger partial charge in [0, 0.05) is 12.0 Å². The maximum absolute atomic E-state index is 12.2. The number of carbonyl (C=O) groups is 2. The first-order valence-corrected chi connectivity index (χ1v) is 8.42. The smallest absolute Gasteiger partial charge is 0.326 e. The van der Waals surface area contributed by atoms with Crippen molar-refractivity contribution in [1.82, 2.24) is 0 Å². The molecule has 0 aromatic heterocycles. The van der Waals surface area contributed by atoms with E-state index in [4.69, 9.17) is 9.47 Å². The van der Waals surface area contributed by atoms with Crippen LogP contribution in [0.25, 0.3) is 0 Å². The fourth-order valence-electron chi connectivity index (χ4n) is 2.96. The number of ether oxygens (including phenoxy) is 2. The van der Waals surface area contributed by atoms with Crippen molar-refractivity contribution in [2.24, 2.45) is 0 Å². The van der Waals surface area contributed by atoms with Crippen LogP contribution in [0.2, 0.25) is 0 Å². The van der Waals surface area contributed by atoms with E-state index in [9.17, 15) is 9.59 Å². The summed E-state index contributed by atoms with van der Waals surface area (Å²) in [4.78, 5) is 26.9. The number of hydrogen-bond acceptors (Lipinski definition) is 5. The zero-order valence-corrected chi connectivity index (χ0v) is 13.3. The molecule has 22 heavy (non-hydrogen) atoms. The Kier molecular flexibility index (Phi) is 4.69. The van der Waals surface area contributed by atoms with Gasteiger partial charge in [0.25, 0.3) is 0 Å². The normalized spacial score (nSPS) is 24.2. The van der Waals surface area contributed by atoms with Gasteiger partial charge in [-0.1, -0.05) is 12.1 Å². The summed E-state index contributed by atoms with van der Waals surface area (Å²) in [6.07, 6.45) is 2.52. The standard InChI is InChI=1S/C16H19NO4S/c1-20-12-6-4-7-13(12)21-16(19)9-17-11-5-2-3-8-14(11)22-10-15(17)18/h2-3,5,8,12-13H,4,6-7,9-10H2,1H3/t12-,13-/m1/s1. The molecule has 118 valence electrons. The predicted octanol–water partition coefficient (Wildman–Crippen LogP) is 2.24. The molecule has 0 bridgehead atoms. The molecule has 5 nitrogen and oxygen atoms in total. The van der Waals surface area contributed by atoms with Crippen LogP contribution < -0.4 is 4.90 Å². The number of carbonyl (C=O) groups excluding carboxylic acids is 2. The summed E-state index contributed by atoms with van der Waals surface area (Å²) in [6.45, 7) is -0.0384. The van der Waals surface area contributed by atoms with Crippen LogP contribution in [0, 0.1) is 0 Å². The minimum Gasteiger partial charge on any atom is -0.458 e. The van der Waals surface area contributed by atoms with E-state index >= 15 is 0 Å². The lowest BCUT2D eigenvalue weighted by molar-refractivity contribution is -0.153. The summed E-state index contributed by atoms with van der Waals surface area (Å²) in [5.74, 6) is -0.0756. The zero-order chi connectivity index (χ0) is 15.5. The average molecular weight is 321 g/mol. The molecule has 2 atom stereocenters. The van der Waals surface area contributed by atoms with Gasteiger partial charge in [0.1, 0.15) is 12.6 Å². The van der Waals surface area contributed by atoms with Crippen LogP contribution in [-0.4, -0.2) is 43.5 Å². The lowest BCUT2D eigenvalue weighted by Crippen LogP contribution is -2.41. The largest absolute Gasteiger partial charge is 0.458 e. The molecule has 3 rings (SSSR count). The Morgan fingerprint density at radius 2 is 2.09 bits per heavy atom. The zero-order valence-electron chi connectivity index (χ0n) is 12.5. The number of thioether (sulfide) groups is 1. The minimum absolute atomic E-state index is 0.0242. The number of fused-ring (bicyclic) bond motifs is 1. The Bertz CT molecular complexity index is 577. The molecule has 0 unspecified atom stereocenters. The van der Waals surface area contributed by atoms with E-state index in [2.05, 4.69) is 0 Å². The summed E-state index contributed by atoms with van der Waals surface area (Å²) < 4.78 is 10.8. The predicted molar refractivity (Wildman–Crippen MR) is 84.0 cm³/mol. The van der Waals surface area contributed by atoms with Gasteiger partial charge in [-0.25, -0.2) is 0 Å². The number of amides is 1. The van der Waals surface area contributed by atoms with Crippen molar-refractivity contribution in [2.75, 3.05) is 24.3 Å². The van der Waals surface area contributed by atoms with Gasteiger partial charge in [0.2, 0.25) is 5.91 Å². The lowest BCUT2D eigenvalue weighted by atomic mass is 10.2. The number of para-hydroxylation sites is 1. The summed E-state index contributed by atoms with van der Waals surface area (Å²) in [5, 5.41) is 0. The van der Waals surface area contributed by atoms with Gasteiger partial charge in [0.05, 0.1) is 17.5 Å². The summed E-state index contributed by atoms with van der Waals surface area (Å²) in [6, 6.07) is 7.62. The van der Waals surface area contributed by atoms with Crippen LogP contribution >= 0.6 is 11.8 Å². The molecule has 1 heterocycles. The minimum atomic E-state index is -0.371. The van der Waals surface area contributed by atoms with Crippen molar-refractivity contribution in [1.29, 1.82) is 0 Å². The number of hydrogen-bond donors (Lipinski definition) is 0. The molecule has 1 aliphatic carbocycles. The van der Waals surface area contributed by atoms with Crippen molar-refractivity contribution in [2.45, 2.75) is 36.4 Å². The van der Waals surface area contributed by atoms with Crippen molar-refractivity contribution in [3.05, 3.63) is 24.3 Å². The first kappa shape index (κ1) is 15.4. The second kappa shape index (κ2) is 6.71. The third kappa shape index (κ3) is 3.13. The molecule has 6 heteroatoms. The Morgan fingerprint density at radius 3 is 2.91 bits per heavy atom. The first-order valence-electron chi connectivity index (χ1n) is 7.43. The van der Waals surface area contributed by atoms with E-state index in [-0.39, 0.29) is 30.6 Å². The Hall–Kier alpha value is -1.53. The quantitative estimate of drug-likeness (QED) is 0.796. The van der Waals surface area contributed by atoms with Crippen LogP contribution in [0.5, 0.6) is 0 Å². The highest BCUT2D eigenvalue weighted by atomic mass is 32.2. The van der Waals surface area contributed by atoms with E-state index in [1.807, 2.05) is 24.3 Å². The number of anilines is 1. The summed E-state index contributed by atoms with van der Waals surface area (Å²) >= 11 is 1.50. The highest BCUT2D eigenvalue weighted by molar-refractivity contribution is 8.00. The Labute approximate surface area is 134 Å². The number of benzene rings is 1. The van der Waals surface area contributed by atoms with Gasteiger partial charge < -0.3 is 9.47 Å². The molecule has 0 N–H and O–H groups in total. The topological polar surface area (TPSA) is 55.8 Å². The highest BCUT2D eigenvalue weighted by Gasteiger charge is 2.32. The molecular weight excluding hydrogens is 302 g/mol. The number of esters is 1. The molecule has 1 aromatic carbocycles. The fraction of sp³-hybridized carbons (Fsp3) is 0.500. The molecule has 0 spiro atoms. The molecule has 1 fully saturated rings. The van der Waals surface area contributed by atoms with Gasteiger partial charge >= 0.3 is 5.97 Å². The van der Waals surface area contributed by atoms with E-state index in [1.54, 1.807) is 7.11 Å². The second-order valence-corrected chi connectivity index (χ2v) is 6.49. The third-order valence-electron chi connectivity index (χ3n) is 4.07. The van der Waals surface area contributed by atoms with Gasteiger partial charge in [-0.3, -0.25) is 14.5 Å². The van der Waals surface area contributed by atoms with E-state index in [0.29, 0.717) is 5.75 Å². The van der Waals surface area contributed by atoms with Gasteiger partial charge in [0.15, 0.2) is 0 Å². The summed E-state index contributed by atoms with van der Waals surface area (Å²) in [7, 11) is 1.64. The van der Waals surface area contributed by atoms with E-state index < -0.39 is 0 Å². The van der Waals surface area contributed by atoms with E-state index in [0.717, 1.165) is 29.8 Å². The maximum atomic E-state index is 12.2. The van der Waals surface area contributed by atoms with Crippen molar-refractivity contribution >= 4 is 29.3 Å². The molecular formula is C16H19NO4S. The van der Waals surface area contributed by atoms with Gasteiger partial charge in [-0.15, -0.1) is 11.8 Å². The molecule has 2 aliphatic rings. The lowest BCUT2D eigenvalue weighted by Gasteiger charge is -2.28. The number of rotatable bonds is 4.